The van der Waals surface area contributed by atoms with E-state index < -0.39 is 0 Å². The summed E-state index contributed by atoms with van der Waals surface area (Å²) in [5.74, 6) is 0.490. The van der Waals surface area contributed by atoms with Crippen molar-refractivity contribution < 1.29 is 14.6 Å². The lowest BCUT2D eigenvalue weighted by atomic mass is 10.2. The molecule has 1 aromatic carbocycles. The number of halogens is 1. The van der Waals surface area contributed by atoms with Gasteiger partial charge in [0.1, 0.15) is 5.75 Å². The smallest absolute Gasteiger partial charge is 0.251 e. The van der Waals surface area contributed by atoms with Gasteiger partial charge in [-0.3, -0.25) is 4.79 Å². The lowest BCUT2D eigenvalue weighted by Gasteiger charge is -2.06. The maximum atomic E-state index is 11.7. The molecule has 18 heavy (non-hydrogen) atoms. The topological polar surface area (TPSA) is 58.6 Å². The molecule has 1 aliphatic carbocycles. The van der Waals surface area contributed by atoms with Gasteiger partial charge in [-0.15, -0.1) is 0 Å². The van der Waals surface area contributed by atoms with Crippen LogP contribution in [0.5, 0.6) is 5.75 Å². The highest BCUT2D eigenvalue weighted by Crippen LogP contribution is 2.28. The fraction of sp³-hybridized carbons (Fsp3) is 0.462. The predicted molar refractivity (Wildman–Crippen MR) is 69.0 cm³/mol. The molecular weight excluding hydrogens is 254 g/mol. The Hall–Kier alpha value is -1.26. The molecule has 1 fully saturated rings. The van der Waals surface area contributed by atoms with Gasteiger partial charge in [0, 0.05) is 18.7 Å². The molecule has 1 aromatic rings. The second kappa shape index (κ2) is 6.07. The second-order valence-electron chi connectivity index (χ2n) is 4.44. The van der Waals surface area contributed by atoms with Gasteiger partial charge in [0.2, 0.25) is 0 Å². The number of ether oxygens (including phenoxy) is 1. The summed E-state index contributed by atoms with van der Waals surface area (Å²) in [6, 6.07) is 4.37. The number of amides is 1. The van der Waals surface area contributed by atoms with Crippen molar-refractivity contribution in [2.24, 2.45) is 5.92 Å². The molecule has 0 heterocycles. The molecule has 1 saturated carbocycles. The minimum atomic E-state index is -0.216. The molecule has 2 N–H and O–H groups in total. The van der Waals surface area contributed by atoms with Crippen LogP contribution in [0.2, 0.25) is 5.02 Å². The zero-order valence-corrected chi connectivity index (χ0v) is 10.7. The number of phenols is 1. The summed E-state index contributed by atoms with van der Waals surface area (Å²) < 4.78 is 5.41. The van der Waals surface area contributed by atoms with Crippen LogP contribution in [0.1, 0.15) is 23.2 Å². The standard InChI is InChI=1S/C13H16ClNO3/c14-11-7-10(3-4-12(11)16)13(17)15-5-6-18-8-9-1-2-9/h3-4,7,9,16H,1-2,5-6,8H2,(H,15,17). The average Bonchev–Trinajstić information content (AvgIpc) is 3.16. The van der Waals surface area contributed by atoms with Gasteiger partial charge in [-0.2, -0.15) is 0 Å². The van der Waals surface area contributed by atoms with E-state index in [1.54, 1.807) is 0 Å². The molecule has 4 nitrogen and oxygen atoms in total. The SMILES string of the molecule is O=C(NCCOCC1CC1)c1ccc(O)c(Cl)c1. The Morgan fingerprint density at radius 3 is 2.94 bits per heavy atom. The van der Waals surface area contributed by atoms with Crippen molar-refractivity contribution >= 4 is 17.5 Å². The zero-order valence-electron chi connectivity index (χ0n) is 9.99. The lowest BCUT2D eigenvalue weighted by Crippen LogP contribution is -2.27. The molecule has 0 saturated heterocycles. The first kappa shape index (κ1) is 13.2. The molecule has 1 aliphatic rings. The van der Waals surface area contributed by atoms with E-state index >= 15 is 0 Å². The Kier molecular flexibility index (Phi) is 4.44. The molecule has 0 bridgehead atoms. The number of carbonyl (C=O) groups excluding carboxylic acids is 1. The lowest BCUT2D eigenvalue weighted by molar-refractivity contribution is 0.0906. The van der Waals surface area contributed by atoms with Gasteiger partial charge in [-0.1, -0.05) is 11.6 Å². The van der Waals surface area contributed by atoms with Crippen molar-refractivity contribution in [2.45, 2.75) is 12.8 Å². The number of benzene rings is 1. The van der Waals surface area contributed by atoms with E-state index in [0.717, 1.165) is 12.5 Å². The van der Waals surface area contributed by atoms with Crippen molar-refractivity contribution in [3.05, 3.63) is 28.8 Å². The number of nitrogens with one attached hydrogen (secondary N) is 1. The average molecular weight is 270 g/mol. The van der Waals surface area contributed by atoms with Gasteiger partial charge in [-0.25, -0.2) is 0 Å². The van der Waals surface area contributed by atoms with Crippen LogP contribution in [-0.4, -0.2) is 30.8 Å². The summed E-state index contributed by atoms with van der Waals surface area (Å²) in [7, 11) is 0. The van der Waals surface area contributed by atoms with Crippen LogP contribution < -0.4 is 5.32 Å². The van der Waals surface area contributed by atoms with E-state index in [1.165, 1.54) is 31.0 Å². The van der Waals surface area contributed by atoms with Crippen LogP contribution in [0, 0.1) is 5.92 Å². The van der Waals surface area contributed by atoms with Crippen LogP contribution >= 0.6 is 11.6 Å². The van der Waals surface area contributed by atoms with Crippen LogP contribution in [0.4, 0.5) is 0 Å². The third-order valence-electron chi connectivity index (χ3n) is 2.79. The summed E-state index contributed by atoms with van der Waals surface area (Å²) >= 11 is 5.73. The predicted octanol–water partition coefficient (Wildman–Crippen LogP) is 2.20. The Balaban J connectivity index is 1.70. The number of aromatic hydroxyl groups is 1. The molecule has 0 radical (unpaired) electrons. The fourth-order valence-corrected chi connectivity index (χ4v) is 1.70. The molecule has 0 unspecified atom stereocenters. The third-order valence-corrected chi connectivity index (χ3v) is 3.10. The van der Waals surface area contributed by atoms with E-state index in [-0.39, 0.29) is 16.7 Å². The monoisotopic (exact) mass is 269 g/mol. The largest absolute Gasteiger partial charge is 0.506 e. The fourth-order valence-electron chi connectivity index (χ4n) is 1.52. The molecule has 2 rings (SSSR count). The Morgan fingerprint density at radius 1 is 1.50 bits per heavy atom. The number of hydrogen-bond donors (Lipinski definition) is 2. The maximum absolute atomic E-state index is 11.7. The van der Waals surface area contributed by atoms with E-state index in [4.69, 9.17) is 16.3 Å². The van der Waals surface area contributed by atoms with Crippen molar-refractivity contribution in [2.75, 3.05) is 19.8 Å². The van der Waals surface area contributed by atoms with Crippen LogP contribution in [0.3, 0.4) is 0 Å². The summed E-state index contributed by atoms with van der Waals surface area (Å²) in [5.41, 5.74) is 0.431. The van der Waals surface area contributed by atoms with Gasteiger partial charge in [0.25, 0.3) is 5.91 Å². The van der Waals surface area contributed by atoms with Gasteiger partial charge < -0.3 is 15.2 Å². The van der Waals surface area contributed by atoms with E-state index in [2.05, 4.69) is 5.32 Å². The molecule has 0 atom stereocenters. The molecular formula is C13H16ClNO3. The van der Waals surface area contributed by atoms with Gasteiger partial charge >= 0.3 is 0 Å². The summed E-state index contributed by atoms with van der Waals surface area (Å²) in [5, 5.41) is 12.2. The van der Waals surface area contributed by atoms with Gasteiger partial charge in [0.05, 0.1) is 11.6 Å². The number of rotatable bonds is 6. The van der Waals surface area contributed by atoms with Crippen molar-refractivity contribution in [3.63, 3.8) is 0 Å². The van der Waals surface area contributed by atoms with Crippen molar-refractivity contribution in [1.82, 2.24) is 5.32 Å². The number of hydrogen-bond acceptors (Lipinski definition) is 3. The molecule has 98 valence electrons. The van der Waals surface area contributed by atoms with Crippen LogP contribution in [0.25, 0.3) is 0 Å². The van der Waals surface area contributed by atoms with Gasteiger partial charge in [0.15, 0.2) is 0 Å². The Labute approximate surface area is 111 Å². The van der Waals surface area contributed by atoms with Crippen LogP contribution in [-0.2, 0) is 4.74 Å². The summed E-state index contributed by atoms with van der Waals surface area (Å²) in [6.07, 6.45) is 2.52. The zero-order chi connectivity index (χ0) is 13.0. The van der Waals surface area contributed by atoms with Crippen molar-refractivity contribution in [1.29, 1.82) is 0 Å². The highest BCUT2D eigenvalue weighted by molar-refractivity contribution is 6.32. The normalized spacial score (nSPS) is 14.5. The summed E-state index contributed by atoms with van der Waals surface area (Å²) in [6.45, 7) is 1.79. The van der Waals surface area contributed by atoms with E-state index in [0.29, 0.717) is 18.7 Å². The minimum Gasteiger partial charge on any atom is -0.506 e. The number of carbonyl (C=O) groups is 1. The minimum absolute atomic E-state index is 0.0269. The maximum Gasteiger partial charge on any atom is 0.251 e. The molecule has 0 aliphatic heterocycles. The molecule has 0 aromatic heterocycles. The molecule has 5 heteroatoms. The highest BCUT2D eigenvalue weighted by atomic mass is 35.5. The van der Waals surface area contributed by atoms with Crippen molar-refractivity contribution in [3.8, 4) is 5.75 Å². The van der Waals surface area contributed by atoms with E-state index in [9.17, 15) is 9.90 Å². The van der Waals surface area contributed by atoms with E-state index in [1.807, 2.05) is 0 Å². The van der Waals surface area contributed by atoms with Gasteiger partial charge in [-0.05, 0) is 37.0 Å². The van der Waals surface area contributed by atoms with Crippen LogP contribution in [0.15, 0.2) is 18.2 Å². The number of phenolic OH excluding ortho intramolecular Hbond substituents is 1. The highest BCUT2D eigenvalue weighted by Gasteiger charge is 2.20. The summed E-state index contributed by atoms with van der Waals surface area (Å²) in [4.78, 5) is 11.7. The first-order valence-electron chi connectivity index (χ1n) is 6.01. The molecule has 0 spiro atoms. The third kappa shape index (κ3) is 3.89. The second-order valence-corrected chi connectivity index (χ2v) is 4.85. The molecule has 1 amide bonds. The quantitative estimate of drug-likeness (QED) is 0.779. The first-order valence-corrected chi connectivity index (χ1v) is 6.39. The Morgan fingerprint density at radius 2 is 2.28 bits per heavy atom. The Bertz CT molecular complexity index is 432. The first-order chi connectivity index (χ1) is 8.66.